The lowest BCUT2D eigenvalue weighted by Crippen LogP contribution is -2.31. The molecule has 0 radical (unpaired) electrons. The van der Waals surface area contributed by atoms with Gasteiger partial charge in [-0.25, -0.2) is 13.1 Å². The van der Waals surface area contributed by atoms with Crippen LogP contribution in [0.5, 0.6) is 0 Å². The number of Topliss-reactive ketones (excluding diaryl/α,β-unsaturated/α-hetero) is 1. The van der Waals surface area contributed by atoms with Crippen molar-refractivity contribution in [2.75, 3.05) is 6.54 Å². The van der Waals surface area contributed by atoms with Gasteiger partial charge in [-0.05, 0) is 32.4 Å². The van der Waals surface area contributed by atoms with Crippen LogP contribution in [0.4, 0.5) is 0 Å². The van der Waals surface area contributed by atoms with E-state index in [4.69, 9.17) is 10.5 Å². The van der Waals surface area contributed by atoms with E-state index in [9.17, 15) is 22.8 Å². The fourth-order valence-electron chi connectivity index (χ4n) is 1.71. The maximum absolute atomic E-state index is 12.1. The van der Waals surface area contributed by atoms with E-state index in [0.717, 1.165) is 0 Å². The Labute approximate surface area is 140 Å². The van der Waals surface area contributed by atoms with E-state index < -0.39 is 28.0 Å². The Hall–Kier alpha value is -2.26. The summed E-state index contributed by atoms with van der Waals surface area (Å²) >= 11 is 0. The summed E-state index contributed by atoms with van der Waals surface area (Å²) in [7, 11) is -3.72. The highest BCUT2D eigenvalue weighted by molar-refractivity contribution is 7.89. The van der Waals surface area contributed by atoms with Crippen LogP contribution in [0.3, 0.4) is 0 Å². The molecule has 132 valence electrons. The van der Waals surface area contributed by atoms with Crippen molar-refractivity contribution >= 4 is 27.7 Å². The number of amides is 1. The molecular formula is C15H20N2O6S. The van der Waals surface area contributed by atoms with Crippen molar-refractivity contribution in [3.63, 3.8) is 0 Å². The Kier molecular flexibility index (Phi) is 7.05. The van der Waals surface area contributed by atoms with E-state index in [2.05, 4.69) is 4.72 Å². The summed E-state index contributed by atoms with van der Waals surface area (Å²) in [6.07, 6.45) is -0.868. The first kappa shape index (κ1) is 19.8. The van der Waals surface area contributed by atoms with Crippen LogP contribution in [0, 0.1) is 0 Å². The SMILES string of the molecule is CC(=O)c1ccc(S(=O)(=O)NCCCC(=O)OC(C)C(N)=O)cc1. The molecule has 24 heavy (non-hydrogen) atoms. The van der Waals surface area contributed by atoms with Crippen molar-refractivity contribution in [2.45, 2.75) is 37.7 Å². The van der Waals surface area contributed by atoms with Gasteiger partial charge in [-0.15, -0.1) is 0 Å². The van der Waals surface area contributed by atoms with Crippen LogP contribution in [0.1, 0.15) is 37.0 Å². The molecule has 0 aliphatic rings. The van der Waals surface area contributed by atoms with Crippen LogP contribution in [-0.4, -0.2) is 38.7 Å². The number of hydrogen-bond donors (Lipinski definition) is 2. The number of sulfonamides is 1. The van der Waals surface area contributed by atoms with Gasteiger partial charge in [-0.3, -0.25) is 14.4 Å². The molecule has 0 aliphatic heterocycles. The molecule has 0 bridgehead atoms. The van der Waals surface area contributed by atoms with Gasteiger partial charge in [-0.2, -0.15) is 0 Å². The number of carbonyl (C=O) groups excluding carboxylic acids is 3. The second-order valence-corrected chi connectivity index (χ2v) is 6.88. The highest BCUT2D eigenvalue weighted by Gasteiger charge is 2.16. The van der Waals surface area contributed by atoms with Crippen molar-refractivity contribution in [3.8, 4) is 0 Å². The zero-order valence-electron chi connectivity index (χ0n) is 13.4. The van der Waals surface area contributed by atoms with Crippen LogP contribution in [0.15, 0.2) is 29.2 Å². The standard InChI is InChI=1S/C15H20N2O6S/c1-10(18)12-5-7-13(8-6-12)24(21,22)17-9-3-4-14(19)23-11(2)15(16)20/h5-8,11,17H,3-4,9H2,1-2H3,(H2,16,20). The number of primary amides is 1. The van der Waals surface area contributed by atoms with Gasteiger partial charge in [0, 0.05) is 18.5 Å². The summed E-state index contributed by atoms with van der Waals surface area (Å²) in [4.78, 5) is 33.4. The fourth-order valence-corrected chi connectivity index (χ4v) is 2.78. The van der Waals surface area contributed by atoms with Gasteiger partial charge in [0.05, 0.1) is 4.90 Å². The van der Waals surface area contributed by atoms with Gasteiger partial charge < -0.3 is 10.5 Å². The average Bonchev–Trinajstić information content (AvgIpc) is 2.51. The lowest BCUT2D eigenvalue weighted by molar-refractivity contribution is -0.153. The van der Waals surface area contributed by atoms with E-state index in [1.54, 1.807) is 0 Å². The van der Waals surface area contributed by atoms with Crippen LogP contribution < -0.4 is 10.5 Å². The molecule has 0 aliphatic carbocycles. The minimum absolute atomic E-state index is 0.0246. The topological polar surface area (TPSA) is 133 Å². The fraction of sp³-hybridized carbons (Fsp3) is 0.400. The maximum atomic E-state index is 12.1. The first-order valence-electron chi connectivity index (χ1n) is 7.23. The number of hydrogen-bond acceptors (Lipinski definition) is 6. The normalized spacial score (nSPS) is 12.4. The molecule has 8 nitrogen and oxygen atoms in total. The molecule has 0 aromatic heterocycles. The zero-order valence-corrected chi connectivity index (χ0v) is 14.3. The number of rotatable bonds is 9. The predicted octanol–water partition coefficient (Wildman–Crippen LogP) is 0.365. The average molecular weight is 356 g/mol. The van der Waals surface area contributed by atoms with E-state index in [1.807, 2.05) is 0 Å². The van der Waals surface area contributed by atoms with Crippen LogP contribution in [0.2, 0.25) is 0 Å². The van der Waals surface area contributed by atoms with Crippen LogP contribution >= 0.6 is 0 Å². The molecular weight excluding hydrogens is 336 g/mol. The molecule has 1 aromatic rings. The third-order valence-electron chi connectivity index (χ3n) is 3.13. The molecule has 0 saturated carbocycles. The first-order valence-corrected chi connectivity index (χ1v) is 8.71. The quantitative estimate of drug-likeness (QED) is 0.373. The van der Waals surface area contributed by atoms with Gasteiger partial charge in [-0.1, -0.05) is 12.1 Å². The molecule has 1 unspecified atom stereocenters. The molecule has 0 spiro atoms. The summed E-state index contributed by atoms with van der Waals surface area (Å²) in [6, 6.07) is 5.53. The molecule has 1 amide bonds. The minimum Gasteiger partial charge on any atom is -0.453 e. The number of ether oxygens (including phenoxy) is 1. The van der Waals surface area contributed by atoms with E-state index in [1.165, 1.54) is 38.1 Å². The monoisotopic (exact) mass is 356 g/mol. The smallest absolute Gasteiger partial charge is 0.306 e. The molecule has 0 fully saturated rings. The van der Waals surface area contributed by atoms with Gasteiger partial charge >= 0.3 is 5.97 Å². The Morgan fingerprint density at radius 2 is 1.79 bits per heavy atom. The number of nitrogens with one attached hydrogen (secondary N) is 1. The summed E-state index contributed by atoms with van der Waals surface area (Å²) in [5.74, 6) is -1.54. The highest BCUT2D eigenvalue weighted by Crippen LogP contribution is 2.11. The van der Waals surface area contributed by atoms with Crippen molar-refractivity contribution in [1.29, 1.82) is 0 Å². The maximum Gasteiger partial charge on any atom is 0.306 e. The molecule has 9 heteroatoms. The van der Waals surface area contributed by atoms with E-state index >= 15 is 0 Å². The molecule has 3 N–H and O–H groups in total. The number of nitrogens with two attached hydrogens (primary N) is 1. The highest BCUT2D eigenvalue weighted by atomic mass is 32.2. The number of carbonyl (C=O) groups is 3. The third-order valence-corrected chi connectivity index (χ3v) is 4.61. The van der Waals surface area contributed by atoms with Gasteiger partial charge in [0.15, 0.2) is 11.9 Å². The molecule has 1 atom stereocenters. The Bertz CT molecular complexity index is 712. The predicted molar refractivity (Wildman–Crippen MR) is 85.6 cm³/mol. The molecule has 0 saturated heterocycles. The van der Waals surface area contributed by atoms with E-state index in [-0.39, 0.29) is 30.1 Å². The number of esters is 1. The van der Waals surface area contributed by atoms with Crippen molar-refractivity contribution in [3.05, 3.63) is 29.8 Å². The zero-order chi connectivity index (χ0) is 18.3. The molecule has 1 aromatic carbocycles. The minimum atomic E-state index is -3.72. The largest absolute Gasteiger partial charge is 0.453 e. The lowest BCUT2D eigenvalue weighted by atomic mass is 10.2. The van der Waals surface area contributed by atoms with Crippen LogP contribution in [-0.2, 0) is 24.3 Å². The Balaban J connectivity index is 2.47. The van der Waals surface area contributed by atoms with Crippen molar-refractivity contribution in [2.24, 2.45) is 5.73 Å². The van der Waals surface area contributed by atoms with Crippen molar-refractivity contribution < 1.29 is 27.5 Å². The number of benzene rings is 1. The second-order valence-electron chi connectivity index (χ2n) is 5.12. The first-order chi connectivity index (χ1) is 11.1. The summed E-state index contributed by atoms with van der Waals surface area (Å²) < 4.78 is 31.2. The second kappa shape index (κ2) is 8.55. The summed E-state index contributed by atoms with van der Waals surface area (Å²) in [6.45, 7) is 2.77. The third kappa shape index (κ3) is 6.09. The van der Waals surface area contributed by atoms with Crippen molar-refractivity contribution in [1.82, 2.24) is 4.72 Å². The Morgan fingerprint density at radius 1 is 1.21 bits per heavy atom. The van der Waals surface area contributed by atoms with Gasteiger partial charge in [0.2, 0.25) is 10.0 Å². The molecule has 1 rings (SSSR count). The van der Waals surface area contributed by atoms with Crippen LogP contribution in [0.25, 0.3) is 0 Å². The Morgan fingerprint density at radius 3 is 2.29 bits per heavy atom. The summed E-state index contributed by atoms with van der Waals surface area (Å²) in [5.41, 5.74) is 5.38. The summed E-state index contributed by atoms with van der Waals surface area (Å²) in [5, 5.41) is 0. The lowest BCUT2D eigenvalue weighted by Gasteiger charge is -2.10. The van der Waals surface area contributed by atoms with E-state index in [0.29, 0.717) is 5.56 Å². The molecule has 0 heterocycles. The van der Waals surface area contributed by atoms with Gasteiger partial charge in [0.1, 0.15) is 0 Å². The van der Waals surface area contributed by atoms with Gasteiger partial charge in [0.25, 0.3) is 5.91 Å². The number of ketones is 1.